The average molecular weight is 306 g/mol. The van der Waals surface area contributed by atoms with Crippen molar-refractivity contribution in [2.45, 2.75) is 44.9 Å². The molecular formula is C22H26O. The van der Waals surface area contributed by atoms with Crippen molar-refractivity contribution in [3.63, 3.8) is 0 Å². The van der Waals surface area contributed by atoms with Crippen LogP contribution in [-0.2, 0) is 12.8 Å². The molecule has 0 amide bonds. The molecule has 0 atom stereocenters. The summed E-state index contributed by atoms with van der Waals surface area (Å²) in [5.74, 6) is 0. The molecular weight excluding hydrogens is 280 g/mol. The largest absolute Gasteiger partial charge is 0.396 e. The lowest BCUT2D eigenvalue weighted by atomic mass is 9.85. The molecule has 0 aliphatic heterocycles. The molecule has 0 saturated heterocycles. The molecule has 2 aromatic rings. The second-order valence-corrected chi connectivity index (χ2v) is 6.41. The summed E-state index contributed by atoms with van der Waals surface area (Å²) >= 11 is 0. The third-order valence-corrected chi connectivity index (χ3v) is 4.77. The maximum absolute atomic E-state index is 8.87. The van der Waals surface area contributed by atoms with Crippen LogP contribution in [-0.4, -0.2) is 11.7 Å². The quantitative estimate of drug-likeness (QED) is 0.691. The van der Waals surface area contributed by atoms with Gasteiger partial charge in [-0.1, -0.05) is 67.4 Å². The van der Waals surface area contributed by atoms with Crippen molar-refractivity contribution in [2.24, 2.45) is 0 Å². The normalized spacial score (nSPS) is 13.5. The molecule has 0 fully saturated rings. The van der Waals surface area contributed by atoms with Crippen molar-refractivity contribution in [1.82, 2.24) is 0 Å². The Kier molecular flexibility index (Phi) is 5.65. The maximum Gasteiger partial charge on any atom is 0.0431 e. The minimum Gasteiger partial charge on any atom is -0.396 e. The minimum atomic E-state index is 0.323. The van der Waals surface area contributed by atoms with Crippen LogP contribution in [0.1, 0.15) is 54.4 Å². The molecule has 0 radical (unpaired) electrons. The highest BCUT2D eigenvalue weighted by molar-refractivity contribution is 5.85. The van der Waals surface area contributed by atoms with Crippen LogP contribution in [0.15, 0.2) is 48.5 Å². The lowest BCUT2D eigenvalue weighted by Gasteiger charge is -2.20. The minimum absolute atomic E-state index is 0.323. The van der Waals surface area contributed by atoms with Gasteiger partial charge in [-0.2, -0.15) is 0 Å². The van der Waals surface area contributed by atoms with E-state index in [4.69, 9.17) is 5.11 Å². The number of rotatable bonds is 7. The summed E-state index contributed by atoms with van der Waals surface area (Å²) in [6.07, 6.45) is 10.3. The van der Waals surface area contributed by atoms with Gasteiger partial charge in [-0.25, -0.2) is 0 Å². The highest BCUT2D eigenvalue weighted by Crippen LogP contribution is 2.32. The molecule has 1 nitrogen and oxygen atoms in total. The molecule has 1 heteroatoms. The molecule has 120 valence electrons. The first-order valence-electron chi connectivity index (χ1n) is 8.86. The molecule has 1 aliphatic rings. The number of fused-ring (bicyclic) bond motifs is 1. The summed E-state index contributed by atoms with van der Waals surface area (Å²) in [5.41, 5.74) is 7.26. The number of unbranched alkanes of at least 4 members (excludes halogenated alkanes) is 3. The summed E-state index contributed by atoms with van der Waals surface area (Å²) in [6, 6.07) is 17.5. The van der Waals surface area contributed by atoms with Crippen molar-refractivity contribution in [3.8, 4) is 0 Å². The highest BCUT2D eigenvalue weighted by atomic mass is 16.2. The van der Waals surface area contributed by atoms with Gasteiger partial charge in [0.05, 0.1) is 0 Å². The zero-order chi connectivity index (χ0) is 15.9. The first-order valence-corrected chi connectivity index (χ1v) is 8.86. The number of aliphatic hydroxyl groups is 1. The molecule has 3 rings (SSSR count). The fraction of sp³-hybridized carbons (Fsp3) is 0.364. The fourth-order valence-corrected chi connectivity index (χ4v) is 3.46. The van der Waals surface area contributed by atoms with E-state index < -0.39 is 0 Å². The number of hydrogen-bond acceptors (Lipinski definition) is 1. The Bertz CT molecular complexity index is 655. The Morgan fingerprint density at radius 3 is 2.43 bits per heavy atom. The first kappa shape index (κ1) is 16.0. The van der Waals surface area contributed by atoms with Crippen molar-refractivity contribution in [1.29, 1.82) is 0 Å². The molecule has 0 spiro atoms. The van der Waals surface area contributed by atoms with Crippen LogP contribution >= 0.6 is 0 Å². The number of hydrogen-bond donors (Lipinski definition) is 1. The van der Waals surface area contributed by atoms with Crippen LogP contribution in [0.5, 0.6) is 0 Å². The molecule has 0 bridgehead atoms. The predicted octanol–water partition coefficient (Wildman–Crippen LogP) is 5.27. The van der Waals surface area contributed by atoms with Gasteiger partial charge < -0.3 is 5.11 Å². The van der Waals surface area contributed by atoms with Gasteiger partial charge in [0.2, 0.25) is 0 Å². The van der Waals surface area contributed by atoms with Gasteiger partial charge >= 0.3 is 0 Å². The van der Waals surface area contributed by atoms with E-state index in [0.29, 0.717) is 6.61 Å². The Hall–Kier alpha value is -1.86. The van der Waals surface area contributed by atoms with Crippen molar-refractivity contribution >= 4 is 11.6 Å². The Balaban J connectivity index is 1.76. The molecule has 0 aromatic heterocycles. The zero-order valence-electron chi connectivity index (χ0n) is 13.8. The van der Waals surface area contributed by atoms with E-state index in [-0.39, 0.29) is 0 Å². The van der Waals surface area contributed by atoms with Gasteiger partial charge in [0, 0.05) is 6.61 Å². The van der Waals surface area contributed by atoms with E-state index >= 15 is 0 Å². The van der Waals surface area contributed by atoms with E-state index in [2.05, 4.69) is 54.6 Å². The van der Waals surface area contributed by atoms with Gasteiger partial charge in [0.15, 0.2) is 0 Å². The SMILES string of the molecule is OCCCCCCc1cccc2c1C=C(c1ccccc1)CC2. The second-order valence-electron chi connectivity index (χ2n) is 6.41. The topological polar surface area (TPSA) is 20.2 Å². The molecule has 1 N–H and O–H groups in total. The van der Waals surface area contributed by atoms with Crippen LogP contribution in [0.25, 0.3) is 11.6 Å². The third kappa shape index (κ3) is 4.11. The Labute approximate surface area is 139 Å². The van der Waals surface area contributed by atoms with Gasteiger partial charge in [-0.3, -0.25) is 0 Å². The van der Waals surface area contributed by atoms with Gasteiger partial charge in [0.25, 0.3) is 0 Å². The summed E-state index contributed by atoms with van der Waals surface area (Å²) < 4.78 is 0. The molecule has 2 aromatic carbocycles. The van der Waals surface area contributed by atoms with Crippen LogP contribution < -0.4 is 0 Å². The molecule has 0 unspecified atom stereocenters. The van der Waals surface area contributed by atoms with Gasteiger partial charge in [0.1, 0.15) is 0 Å². The van der Waals surface area contributed by atoms with Crippen molar-refractivity contribution < 1.29 is 5.11 Å². The van der Waals surface area contributed by atoms with E-state index in [0.717, 1.165) is 32.1 Å². The molecule has 23 heavy (non-hydrogen) atoms. The van der Waals surface area contributed by atoms with Crippen LogP contribution in [0.2, 0.25) is 0 Å². The van der Waals surface area contributed by atoms with E-state index in [1.807, 2.05) is 0 Å². The van der Waals surface area contributed by atoms with Crippen LogP contribution in [0.4, 0.5) is 0 Å². The summed E-state index contributed by atoms with van der Waals surface area (Å²) in [5, 5.41) is 8.87. The number of aliphatic hydroxyl groups excluding tert-OH is 1. The van der Waals surface area contributed by atoms with E-state index in [1.165, 1.54) is 40.7 Å². The summed E-state index contributed by atoms with van der Waals surface area (Å²) in [7, 11) is 0. The molecule has 0 saturated carbocycles. The van der Waals surface area contributed by atoms with Crippen LogP contribution in [0, 0.1) is 0 Å². The predicted molar refractivity (Wildman–Crippen MR) is 98.3 cm³/mol. The number of allylic oxidation sites excluding steroid dienone is 1. The van der Waals surface area contributed by atoms with Crippen molar-refractivity contribution in [3.05, 3.63) is 70.8 Å². The maximum atomic E-state index is 8.87. The lowest BCUT2D eigenvalue weighted by Crippen LogP contribution is -2.03. The van der Waals surface area contributed by atoms with Gasteiger partial charge in [-0.05, 0) is 59.9 Å². The van der Waals surface area contributed by atoms with Crippen LogP contribution in [0.3, 0.4) is 0 Å². The number of benzene rings is 2. The smallest absolute Gasteiger partial charge is 0.0431 e. The third-order valence-electron chi connectivity index (χ3n) is 4.77. The lowest BCUT2D eigenvalue weighted by molar-refractivity contribution is 0.282. The standard InChI is InChI=1S/C22H26O/c23-16-7-2-1-4-11-19-12-8-13-20-14-15-21(17-22(19)20)18-9-5-3-6-10-18/h3,5-6,8-10,12-13,17,23H,1-2,4,7,11,14-16H2. The number of aryl methyl sites for hydroxylation is 2. The average Bonchev–Trinajstić information content (AvgIpc) is 2.62. The van der Waals surface area contributed by atoms with E-state index in [9.17, 15) is 0 Å². The second kappa shape index (κ2) is 8.12. The molecule has 1 aliphatic carbocycles. The fourth-order valence-electron chi connectivity index (χ4n) is 3.46. The first-order chi connectivity index (χ1) is 11.4. The van der Waals surface area contributed by atoms with Crippen molar-refractivity contribution in [2.75, 3.05) is 6.61 Å². The summed E-state index contributed by atoms with van der Waals surface area (Å²) in [6.45, 7) is 0.323. The Morgan fingerprint density at radius 1 is 0.783 bits per heavy atom. The monoisotopic (exact) mass is 306 g/mol. The van der Waals surface area contributed by atoms with E-state index in [1.54, 1.807) is 0 Å². The summed E-state index contributed by atoms with van der Waals surface area (Å²) in [4.78, 5) is 0. The molecule has 0 heterocycles. The highest BCUT2D eigenvalue weighted by Gasteiger charge is 2.14. The van der Waals surface area contributed by atoms with Gasteiger partial charge in [-0.15, -0.1) is 0 Å². The Morgan fingerprint density at radius 2 is 1.61 bits per heavy atom. The zero-order valence-corrected chi connectivity index (χ0v) is 13.8.